The van der Waals surface area contributed by atoms with Gasteiger partial charge in [0.25, 0.3) is 11.8 Å². The minimum Gasteiger partial charge on any atom is -0.326 e. The Morgan fingerprint density at radius 1 is 1.12 bits per heavy atom. The summed E-state index contributed by atoms with van der Waals surface area (Å²) >= 11 is 0. The molecule has 1 aliphatic carbocycles. The average molecular weight is 447 g/mol. The van der Waals surface area contributed by atoms with Crippen molar-refractivity contribution < 1.29 is 31.9 Å². The largest absolute Gasteiger partial charge is 0.425 e. The maximum Gasteiger partial charge on any atom is 0.425 e. The van der Waals surface area contributed by atoms with Crippen molar-refractivity contribution in [2.45, 2.75) is 37.5 Å². The van der Waals surface area contributed by atoms with Crippen molar-refractivity contribution in [3.8, 4) is 0 Å². The molecule has 32 heavy (non-hydrogen) atoms. The maximum atomic E-state index is 14.5. The number of aromatic nitrogens is 1. The van der Waals surface area contributed by atoms with Gasteiger partial charge in [0.05, 0.1) is 12.1 Å². The van der Waals surface area contributed by atoms with Crippen LogP contribution >= 0.6 is 0 Å². The van der Waals surface area contributed by atoms with E-state index in [0.29, 0.717) is 5.56 Å². The number of allylic oxidation sites excluding steroid dienone is 1. The third-order valence-corrected chi connectivity index (χ3v) is 5.55. The number of ketones is 1. The van der Waals surface area contributed by atoms with Gasteiger partial charge in [0, 0.05) is 30.1 Å². The first-order valence-corrected chi connectivity index (χ1v) is 9.77. The van der Waals surface area contributed by atoms with E-state index in [2.05, 4.69) is 4.98 Å². The molecule has 10 heteroatoms. The highest BCUT2D eigenvalue weighted by Crippen LogP contribution is 2.48. The van der Waals surface area contributed by atoms with Gasteiger partial charge in [-0.3, -0.25) is 19.4 Å². The Morgan fingerprint density at radius 2 is 1.84 bits per heavy atom. The van der Waals surface area contributed by atoms with Crippen molar-refractivity contribution in [2.75, 3.05) is 0 Å². The van der Waals surface area contributed by atoms with E-state index in [4.69, 9.17) is 0 Å². The first kappa shape index (κ1) is 21.7. The average Bonchev–Trinajstić information content (AvgIpc) is 2.99. The van der Waals surface area contributed by atoms with E-state index in [1.54, 1.807) is 17.4 Å². The Hall–Kier alpha value is -3.56. The zero-order chi connectivity index (χ0) is 23.1. The number of rotatable bonds is 4. The molecule has 2 aromatic rings. The van der Waals surface area contributed by atoms with Gasteiger partial charge in [-0.1, -0.05) is 6.07 Å². The van der Waals surface area contributed by atoms with Crippen molar-refractivity contribution in [2.24, 2.45) is 0 Å². The van der Waals surface area contributed by atoms with Gasteiger partial charge in [-0.05, 0) is 48.7 Å². The SMILES string of the molecule is O=C1CCCC2=C1C(NC(=O)c1ccc(F)cc1)(C(F)(F)F)C(=O)N2Cc1cccnc1. The Morgan fingerprint density at radius 3 is 2.47 bits per heavy atom. The zero-order valence-electron chi connectivity index (χ0n) is 16.6. The maximum absolute atomic E-state index is 14.5. The Labute approximate surface area is 179 Å². The fourth-order valence-corrected chi connectivity index (χ4v) is 4.09. The number of Topliss-reactive ketones (excluding diaryl/α,β-unsaturated/α-hetero) is 1. The van der Waals surface area contributed by atoms with Gasteiger partial charge in [0.2, 0.25) is 5.54 Å². The number of hydrogen-bond donors (Lipinski definition) is 1. The molecule has 1 atom stereocenters. The lowest BCUT2D eigenvalue weighted by Gasteiger charge is -2.33. The molecular formula is C22H17F4N3O3. The number of carbonyl (C=O) groups excluding carboxylic acids is 3. The number of carbonyl (C=O) groups is 3. The summed E-state index contributed by atoms with van der Waals surface area (Å²) in [6, 6.07) is 6.99. The normalized spacial score (nSPS) is 21.1. The van der Waals surface area contributed by atoms with Crippen molar-refractivity contribution in [1.29, 1.82) is 0 Å². The number of hydrogen-bond acceptors (Lipinski definition) is 4. The second kappa shape index (κ2) is 7.85. The predicted molar refractivity (Wildman–Crippen MR) is 103 cm³/mol. The molecule has 1 N–H and O–H groups in total. The van der Waals surface area contributed by atoms with Crippen LogP contribution in [0.1, 0.15) is 35.2 Å². The highest BCUT2D eigenvalue weighted by Gasteiger charge is 2.70. The van der Waals surface area contributed by atoms with Crippen molar-refractivity contribution >= 4 is 17.6 Å². The second-order valence-electron chi connectivity index (χ2n) is 7.56. The van der Waals surface area contributed by atoms with Crippen LogP contribution in [0.4, 0.5) is 17.6 Å². The lowest BCUT2D eigenvalue weighted by atomic mass is 9.82. The van der Waals surface area contributed by atoms with Crippen LogP contribution in [0.25, 0.3) is 0 Å². The monoisotopic (exact) mass is 447 g/mol. The summed E-state index contributed by atoms with van der Waals surface area (Å²) in [5.74, 6) is -4.22. The smallest absolute Gasteiger partial charge is 0.326 e. The Bertz CT molecular complexity index is 1110. The van der Waals surface area contributed by atoms with Crippen molar-refractivity contribution in [3.05, 3.63) is 77.0 Å². The van der Waals surface area contributed by atoms with E-state index in [1.807, 2.05) is 0 Å². The van der Waals surface area contributed by atoms with Crippen LogP contribution in [0.2, 0.25) is 0 Å². The number of benzene rings is 1. The number of nitrogens with zero attached hydrogens (tertiary/aromatic N) is 2. The Balaban J connectivity index is 1.82. The van der Waals surface area contributed by atoms with E-state index >= 15 is 0 Å². The minimum absolute atomic E-state index is 0.0492. The molecule has 0 saturated carbocycles. The summed E-state index contributed by atoms with van der Waals surface area (Å²) in [7, 11) is 0. The number of alkyl halides is 3. The number of amides is 2. The van der Waals surface area contributed by atoms with Crippen LogP contribution in [0.15, 0.2) is 60.1 Å². The summed E-state index contributed by atoms with van der Waals surface area (Å²) in [5.41, 5.74) is -4.13. The molecule has 1 aromatic heterocycles. The van der Waals surface area contributed by atoms with Crippen LogP contribution in [0.5, 0.6) is 0 Å². The number of halogens is 4. The molecule has 1 aromatic carbocycles. The second-order valence-corrected chi connectivity index (χ2v) is 7.56. The molecule has 2 amide bonds. The van der Waals surface area contributed by atoms with E-state index in [-0.39, 0.29) is 37.1 Å². The summed E-state index contributed by atoms with van der Waals surface area (Å²) < 4.78 is 56.8. The van der Waals surface area contributed by atoms with E-state index in [1.165, 1.54) is 12.4 Å². The standard InChI is InChI=1S/C22H17F4N3O3/c23-15-8-6-14(7-9-15)19(31)28-21(22(24,25)26)18-16(4-1-5-17(18)30)29(20(21)32)12-13-3-2-10-27-11-13/h2-3,6-11H,1,4-5,12H2,(H,28,31). The topological polar surface area (TPSA) is 79.4 Å². The van der Waals surface area contributed by atoms with E-state index in [0.717, 1.165) is 29.2 Å². The third kappa shape index (κ3) is 3.45. The lowest BCUT2D eigenvalue weighted by molar-refractivity contribution is -0.190. The quantitative estimate of drug-likeness (QED) is 0.730. The van der Waals surface area contributed by atoms with Crippen LogP contribution < -0.4 is 5.32 Å². The first-order chi connectivity index (χ1) is 15.1. The van der Waals surface area contributed by atoms with Crippen LogP contribution in [-0.2, 0) is 16.1 Å². The van der Waals surface area contributed by atoms with Crippen molar-refractivity contribution in [3.63, 3.8) is 0 Å². The number of pyridine rings is 1. The van der Waals surface area contributed by atoms with Gasteiger partial charge >= 0.3 is 6.18 Å². The number of nitrogens with one attached hydrogen (secondary N) is 1. The van der Waals surface area contributed by atoms with Crippen molar-refractivity contribution in [1.82, 2.24) is 15.2 Å². The van der Waals surface area contributed by atoms with Gasteiger partial charge in [0.15, 0.2) is 5.78 Å². The highest BCUT2D eigenvalue weighted by molar-refractivity contribution is 6.14. The van der Waals surface area contributed by atoms with Crippen LogP contribution in [0, 0.1) is 5.82 Å². The zero-order valence-corrected chi connectivity index (χ0v) is 16.6. The summed E-state index contributed by atoms with van der Waals surface area (Å²) in [5, 5.41) is 1.79. The molecule has 166 valence electrons. The van der Waals surface area contributed by atoms with Gasteiger partial charge in [-0.15, -0.1) is 0 Å². The van der Waals surface area contributed by atoms with E-state index < -0.39 is 40.7 Å². The van der Waals surface area contributed by atoms with Gasteiger partial charge in [0.1, 0.15) is 5.82 Å². The molecule has 0 saturated heterocycles. The molecule has 0 spiro atoms. The molecule has 1 aliphatic heterocycles. The first-order valence-electron chi connectivity index (χ1n) is 9.77. The third-order valence-electron chi connectivity index (χ3n) is 5.55. The summed E-state index contributed by atoms with van der Waals surface area (Å²) in [6.45, 7) is -0.233. The van der Waals surface area contributed by atoms with E-state index in [9.17, 15) is 31.9 Å². The fraction of sp³-hybridized carbons (Fsp3) is 0.273. The molecular weight excluding hydrogens is 430 g/mol. The van der Waals surface area contributed by atoms with Gasteiger partial charge < -0.3 is 10.2 Å². The molecule has 6 nitrogen and oxygen atoms in total. The molecule has 2 heterocycles. The fourth-order valence-electron chi connectivity index (χ4n) is 4.09. The molecule has 4 rings (SSSR count). The summed E-state index contributed by atoms with van der Waals surface area (Å²) in [6.07, 6.45) is -2.21. The molecule has 0 radical (unpaired) electrons. The minimum atomic E-state index is -5.29. The predicted octanol–water partition coefficient (Wildman–Crippen LogP) is 3.30. The Kier molecular flexibility index (Phi) is 5.31. The van der Waals surface area contributed by atoms with Gasteiger partial charge in [-0.2, -0.15) is 13.2 Å². The highest BCUT2D eigenvalue weighted by atomic mass is 19.4. The van der Waals surface area contributed by atoms with Gasteiger partial charge in [-0.25, -0.2) is 4.39 Å². The molecule has 0 bridgehead atoms. The molecule has 0 fully saturated rings. The molecule has 2 aliphatic rings. The van der Waals surface area contributed by atoms with Crippen LogP contribution in [-0.4, -0.2) is 39.2 Å². The lowest BCUT2D eigenvalue weighted by Crippen LogP contribution is -2.66. The summed E-state index contributed by atoms with van der Waals surface area (Å²) in [4.78, 5) is 43.5. The van der Waals surface area contributed by atoms with Crippen LogP contribution in [0.3, 0.4) is 0 Å². The molecule has 1 unspecified atom stereocenters.